The van der Waals surface area contributed by atoms with Crippen LogP contribution in [0.4, 0.5) is 0 Å². The van der Waals surface area contributed by atoms with Gasteiger partial charge >= 0.3 is 0 Å². The van der Waals surface area contributed by atoms with Crippen molar-refractivity contribution in [1.29, 1.82) is 0 Å². The van der Waals surface area contributed by atoms with Crippen molar-refractivity contribution in [1.82, 2.24) is 5.32 Å². The molecule has 0 radical (unpaired) electrons. The third-order valence-corrected chi connectivity index (χ3v) is 2.32. The predicted molar refractivity (Wildman–Crippen MR) is 50.0 cm³/mol. The number of nitrogens with one attached hydrogen (secondary N) is 1. The summed E-state index contributed by atoms with van der Waals surface area (Å²) in [6.45, 7) is 3.82. The molecule has 1 rings (SSSR count). The van der Waals surface area contributed by atoms with Gasteiger partial charge in [-0.2, -0.15) is 0 Å². The van der Waals surface area contributed by atoms with Crippen molar-refractivity contribution in [2.75, 3.05) is 0 Å². The van der Waals surface area contributed by atoms with Gasteiger partial charge in [-0.15, -0.1) is 0 Å². The smallest absolute Gasteiger partial charge is 0.254 e. The van der Waals surface area contributed by atoms with Crippen LogP contribution in [-0.4, -0.2) is 11.8 Å². The van der Waals surface area contributed by atoms with Crippen molar-refractivity contribution < 1.29 is 9.59 Å². The van der Waals surface area contributed by atoms with E-state index in [2.05, 4.69) is 12.2 Å². The Balaban J connectivity index is 2.56. The third kappa shape index (κ3) is 2.17. The van der Waals surface area contributed by atoms with E-state index < -0.39 is 0 Å². The molecule has 3 heteroatoms. The maximum atomic E-state index is 11.2. The number of hydrogen-bond acceptors (Lipinski definition) is 2. The van der Waals surface area contributed by atoms with E-state index >= 15 is 0 Å². The van der Waals surface area contributed by atoms with E-state index in [1.165, 1.54) is 0 Å². The molecule has 0 aromatic rings. The van der Waals surface area contributed by atoms with Gasteiger partial charge in [-0.1, -0.05) is 19.8 Å². The topological polar surface area (TPSA) is 46.2 Å². The monoisotopic (exact) mass is 181 g/mol. The lowest BCUT2D eigenvalue weighted by Crippen LogP contribution is -2.22. The molecule has 1 N–H and O–H groups in total. The molecule has 0 spiro atoms. The van der Waals surface area contributed by atoms with E-state index in [9.17, 15) is 9.59 Å². The van der Waals surface area contributed by atoms with E-state index in [1.54, 1.807) is 6.92 Å². The molecule has 1 aliphatic rings. The van der Waals surface area contributed by atoms with Gasteiger partial charge in [0.25, 0.3) is 11.8 Å². The van der Waals surface area contributed by atoms with Gasteiger partial charge in [0.15, 0.2) is 0 Å². The summed E-state index contributed by atoms with van der Waals surface area (Å²) in [7, 11) is 0. The summed E-state index contributed by atoms with van der Waals surface area (Å²) in [4.78, 5) is 22.2. The molecule has 0 aromatic heterocycles. The van der Waals surface area contributed by atoms with E-state index in [0.717, 1.165) is 25.7 Å². The van der Waals surface area contributed by atoms with Gasteiger partial charge in [0.05, 0.1) is 0 Å². The fraction of sp³-hybridized carbons (Fsp3) is 0.600. The summed E-state index contributed by atoms with van der Waals surface area (Å²) < 4.78 is 0. The maximum absolute atomic E-state index is 11.2. The van der Waals surface area contributed by atoms with Gasteiger partial charge in [0.2, 0.25) is 0 Å². The fourth-order valence-corrected chi connectivity index (χ4v) is 1.43. The maximum Gasteiger partial charge on any atom is 0.254 e. The van der Waals surface area contributed by atoms with Crippen molar-refractivity contribution in [3.05, 3.63) is 11.1 Å². The largest absolute Gasteiger partial charge is 0.289 e. The standard InChI is InChI=1S/C10H15NO2/c1-3-4-5-6-8-7(2)9(12)11-10(8)13/h3-6H2,1-2H3,(H,11,12,13). The molecule has 0 unspecified atom stereocenters. The molecule has 13 heavy (non-hydrogen) atoms. The molecule has 1 aliphatic heterocycles. The Labute approximate surface area is 78.2 Å². The number of unbranched alkanes of at least 4 members (excludes halogenated alkanes) is 2. The minimum atomic E-state index is -0.225. The molecule has 1 heterocycles. The second kappa shape index (κ2) is 4.21. The first-order valence-electron chi connectivity index (χ1n) is 4.72. The fourth-order valence-electron chi connectivity index (χ4n) is 1.43. The average Bonchev–Trinajstić information content (AvgIpc) is 2.32. The Hall–Kier alpha value is -1.12. The van der Waals surface area contributed by atoms with Crippen LogP contribution < -0.4 is 5.32 Å². The summed E-state index contributed by atoms with van der Waals surface area (Å²) in [5.41, 5.74) is 1.28. The van der Waals surface area contributed by atoms with Gasteiger partial charge in [-0.05, 0) is 19.8 Å². The zero-order chi connectivity index (χ0) is 9.84. The van der Waals surface area contributed by atoms with Crippen LogP contribution in [0.1, 0.15) is 39.5 Å². The quantitative estimate of drug-likeness (QED) is 0.528. The number of amides is 2. The van der Waals surface area contributed by atoms with Crippen molar-refractivity contribution in [3.8, 4) is 0 Å². The third-order valence-electron chi connectivity index (χ3n) is 2.32. The predicted octanol–water partition coefficient (Wildman–Crippen LogP) is 1.54. The summed E-state index contributed by atoms with van der Waals surface area (Å²) in [5, 5.41) is 2.29. The van der Waals surface area contributed by atoms with Crippen LogP contribution in [0.15, 0.2) is 11.1 Å². The Morgan fingerprint density at radius 3 is 2.31 bits per heavy atom. The Kier molecular flexibility index (Phi) is 3.23. The first-order valence-corrected chi connectivity index (χ1v) is 4.72. The molecule has 0 aromatic carbocycles. The number of carbonyl (C=O) groups is 2. The van der Waals surface area contributed by atoms with Crippen LogP contribution in [0.2, 0.25) is 0 Å². The molecule has 0 fully saturated rings. The van der Waals surface area contributed by atoms with Crippen LogP contribution in [0.25, 0.3) is 0 Å². The number of hydrogen-bond donors (Lipinski definition) is 1. The molecule has 0 bridgehead atoms. The average molecular weight is 181 g/mol. The second-order valence-corrected chi connectivity index (χ2v) is 3.34. The highest BCUT2D eigenvalue weighted by molar-refractivity contribution is 6.19. The van der Waals surface area contributed by atoms with Crippen LogP contribution in [0, 0.1) is 0 Å². The number of imide groups is 1. The van der Waals surface area contributed by atoms with Gasteiger partial charge in [0.1, 0.15) is 0 Å². The van der Waals surface area contributed by atoms with E-state index in [-0.39, 0.29) is 11.8 Å². The van der Waals surface area contributed by atoms with Crippen molar-refractivity contribution in [2.24, 2.45) is 0 Å². The first kappa shape index (κ1) is 9.96. The summed E-state index contributed by atoms with van der Waals surface area (Å²) in [6.07, 6.45) is 3.96. The van der Waals surface area contributed by atoms with Gasteiger partial charge in [0, 0.05) is 11.1 Å². The minimum Gasteiger partial charge on any atom is -0.289 e. The Morgan fingerprint density at radius 1 is 1.15 bits per heavy atom. The van der Waals surface area contributed by atoms with Crippen molar-refractivity contribution >= 4 is 11.8 Å². The van der Waals surface area contributed by atoms with Crippen LogP contribution in [0.5, 0.6) is 0 Å². The van der Waals surface area contributed by atoms with Gasteiger partial charge in [-0.25, -0.2) is 0 Å². The SMILES string of the molecule is CCCCCC1=C(C)C(=O)NC1=O. The van der Waals surface area contributed by atoms with E-state index in [4.69, 9.17) is 0 Å². The molecular weight excluding hydrogens is 166 g/mol. The van der Waals surface area contributed by atoms with Gasteiger partial charge in [-0.3, -0.25) is 14.9 Å². The van der Waals surface area contributed by atoms with E-state index in [1.807, 2.05) is 0 Å². The summed E-state index contributed by atoms with van der Waals surface area (Å²) in [5.74, 6) is -0.421. The number of rotatable bonds is 4. The summed E-state index contributed by atoms with van der Waals surface area (Å²) in [6, 6.07) is 0. The molecule has 72 valence electrons. The molecule has 0 saturated carbocycles. The highest BCUT2D eigenvalue weighted by Gasteiger charge is 2.25. The second-order valence-electron chi connectivity index (χ2n) is 3.34. The zero-order valence-electron chi connectivity index (χ0n) is 8.14. The number of carbonyl (C=O) groups excluding carboxylic acids is 2. The highest BCUT2D eigenvalue weighted by atomic mass is 16.2. The van der Waals surface area contributed by atoms with Crippen LogP contribution >= 0.6 is 0 Å². The molecular formula is C10H15NO2. The van der Waals surface area contributed by atoms with Crippen molar-refractivity contribution in [2.45, 2.75) is 39.5 Å². The lowest BCUT2D eigenvalue weighted by molar-refractivity contribution is -0.124. The highest BCUT2D eigenvalue weighted by Crippen LogP contribution is 2.18. The molecule has 2 amide bonds. The van der Waals surface area contributed by atoms with Crippen molar-refractivity contribution in [3.63, 3.8) is 0 Å². The van der Waals surface area contributed by atoms with Gasteiger partial charge < -0.3 is 0 Å². The molecule has 3 nitrogen and oxygen atoms in total. The first-order chi connectivity index (χ1) is 6.16. The summed E-state index contributed by atoms with van der Waals surface area (Å²) >= 11 is 0. The zero-order valence-corrected chi connectivity index (χ0v) is 8.14. The molecule has 0 saturated heterocycles. The lowest BCUT2D eigenvalue weighted by atomic mass is 10.0. The molecule has 0 aliphatic carbocycles. The molecule has 0 atom stereocenters. The van der Waals surface area contributed by atoms with Crippen LogP contribution in [0.3, 0.4) is 0 Å². The lowest BCUT2D eigenvalue weighted by Gasteiger charge is -1.98. The normalized spacial score (nSPS) is 16.8. The van der Waals surface area contributed by atoms with Crippen LogP contribution in [-0.2, 0) is 9.59 Å². The Morgan fingerprint density at radius 2 is 1.85 bits per heavy atom. The minimum absolute atomic E-state index is 0.196. The van der Waals surface area contributed by atoms with E-state index in [0.29, 0.717) is 11.1 Å². The Bertz CT molecular complexity index is 266.